The first kappa shape index (κ1) is 18.9. The van der Waals surface area contributed by atoms with E-state index in [4.69, 9.17) is 0 Å². The summed E-state index contributed by atoms with van der Waals surface area (Å²) in [5.74, 6) is -0.258. The number of hydrogen-bond donors (Lipinski definition) is 2. The normalized spacial score (nSPS) is 15.3. The van der Waals surface area contributed by atoms with Gasteiger partial charge in [-0.2, -0.15) is 0 Å². The molecule has 1 heterocycles. The van der Waals surface area contributed by atoms with E-state index in [1.54, 1.807) is 36.4 Å². The number of aromatic hydroxyl groups is 1. The van der Waals surface area contributed by atoms with Crippen molar-refractivity contribution in [2.24, 2.45) is 0 Å². The molecule has 1 amide bonds. The third-order valence-corrected chi connectivity index (χ3v) is 4.83. The van der Waals surface area contributed by atoms with Gasteiger partial charge in [0.15, 0.2) is 0 Å². The van der Waals surface area contributed by atoms with Crippen molar-refractivity contribution >= 4 is 11.9 Å². The predicted octanol–water partition coefficient (Wildman–Crippen LogP) is 2.57. The van der Waals surface area contributed by atoms with E-state index < -0.39 is 5.97 Å². The fourth-order valence-electron chi connectivity index (χ4n) is 3.24. The molecule has 1 fully saturated rings. The molecule has 1 aliphatic rings. The van der Waals surface area contributed by atoms with E-state index in [2.05, 4.69) is 15.0 Å². The van der Waals surface area contributed by atoms with E-state index in [-0.39, 0.29) is 17.7 Å². The minimum Gasteiger partial charge on any atom is -0.508 e. The second-order valence-electron chi connectivity index (χ2n) is 6.76. The summed E-state index contributed by atoms with van der Waals surface area (Å²) < 4.78 is 4.66. The van der Waals surface area contributed by atoms with Gasteiger partial charge in [-0.15, -0.1) is 0 Å². The van der Waals surface area contributed by atoms with Crippen LogP contribution in [-0.2, 0) is 11.3 Å². The summed E-state index contributed by atoms with van der Waals surface area (Å²) in [4.78, 5) is 26.2. The summed E-state index contributed by atoms with van der Waals surface area (Å²) in [5.41, 5.74) is 2.13. The van der Waals surface area contributed by atoms with E-state index in [1.165, 1.54) is 12.7 Å². The van der Waals surface area contributed by atoms with Crippen LogP contribution >= 0.6 is 0 Å². The third-order valence-electron chi connectivity index (χ3n) is 4.83. The van der Waals surface area contributed by atoms with Crippen LogP contribution in [-0.4, -0.2) is 48.1 Å². The Morgan fingerprint density at radius 1 is 1.04 bits per heavy atom. The molecule has 0 spiro atoms. The zero-order chi connectivity index (χ0) is 19.2. The number of amides is 1. The van der Waals surface area contributed by atoms with Gasteiger partial charge in [0.05, 0.1) is 12.7 Å². The number of likely N-dealkylation sites (tertiary alicyclic amines) is 1. The molecular weight excluding hydrogens is 344 g/mol. The van der Waals surface area contributed by atoms with Crippen molar-refractivity contribution in [1.82, 2.24) is 10.2 Å². The Morgan fingerprint density at radius 3 is 2.22 bits per heavy atom. The lowest BCUT2D eigenvalue weighted by atomic mass is 10.0. The summed E-state index contributed by atoms with van der Waals surface area (Å²) in [6.45, 7) is 2.66. The molecule has 0 radical (unpaired) electrons. The van der Waals surface area contributed by atoms with Gasteiger partial charge in [0.1, 0.15) is 5.75 Å². The molecule has 6 nitrogen and oxygen atoms in total. The van der Waals surface area contributed by atoms with Gasteiger partial charge in [-0.25, -0.2) is 4.79 Å². The summed E-state index contributed by atoms with van der Waals surface area (Å²) in [6, 6.07) is 13.9. The molecule has 0 atom stereocenters. The fraction of sp³-hybridized carbons (Fsp3) is 0.333. The van der Waals surface area contributed by atoms with Gasteiger partial charge in [-0.3, -0.25) is 9.69 Å². The lowest BCUT2D eigenvalue weighted by Gasteiger charge is -2.32. The molecule has 1 saturated heterocycles. The molecule has 2 aromatic carbocycles. The number of methoxy groups -OCH3 is 1. The van der Waals surface area contributed by atoms with E-state index in [9.17, 15) is 14.7 Å². The number of hydrogen-bond acceptors (Lipinski definition) is 5. The number of benzene rings is 2. The highest BCUT2D eigenvalue weighted by molar-refractivity contribution is 5.96. The van der Waals surface area contributed by atoms with Crippen molar-refractivity contribution in [3.05, 3.63) is 65.2 Å². The summed E-state index contributed by atoms with van der Waals surface area (Å²) >= 11 is 0. The van der Waals surface area contributed by atoms with Crippen LogP contribution < -0.4 is 5.32 Å². The highest BCUT2D eigenvalue weighted by Gasteiger charge is 2.21. The van der Waals surface area contributed by atoms with Gasteiger partial charge in [0.25, 0.3) is 5.91 Å². The molecule has 2 N–H and O–H groups in total. The quantitative estimate of drug-likeness (QED) is 0.793. The largest absolute Gasteiger partial charge is 0.508 e. The van der Waals surface area contributed by atoms with Crippen LogP contribution in [0.25, 0.3) is 0 Å². The van der Waals surface area contributed by atoms with Crippen LogP contribution in [0.15, 0.2) is 48.5 Å². The Labute approximate surface area is 158 Å². The third kappa shape index (κ3) is 5.08. The summed E-state index contributed by atoms with van der Waals surface area (Å²) in [6.07, 6.45) is 1.79. The van der Waals surface area contributed by atoms with Gasteiger partial charge < -0.3 is 15.2 Å². The van der Waals surface area contributed by atoms with Crippen molar-refractivity contribution in [2.45, 2.75) is 25.4 Å². The van der Waals surface area contributed by atoms with Crippen LogP contribution in [0.4, 0.5) is 0 Å². The number of nitrogens with one attached hydrogen (secondary N) is 1. The smallest absolute Gasteiger partial charge is 0.337 e. The molecular formula is C21H24N2O4. The molecule has 6 heteroatoms. The highest BCUT2D eigenvalue weighted by Crippen LogP contribution is 2.16. The Balaban J connectivity index is 1.47. The maximum Gasteiger partial charge on any atom is 0.337 e. The van der Waals surface area contributed by atoms with Gasteiger partial charge in [0.2, 0.25) is 0 Å². The van der Waals surface area contributed by atoms with Crippen molar-refractivity contribution in [2.75, 3.05) is 20.2 Å². The van der Waals surface area contributed by atoms with Crippen molar-refractivity contribution < 1.29 is 19.4 Å². The van der Waals surface area contributed by atoms with Crippen molar-refractivity contribution in [3.63, 3.8) is 0 Å². The molecule has 0 bridgehead atoms. The standard InChI is InChI=1S/C21H24N2O4/c1-27-21(26)17-6-4-16(5-7-17)20(25)22-18-10-12-23(13-11-18)14-15-2-8-19(24)9-3-15/h2-9,18,24H,10-14H2,1H3,(H,22,25). The molecule has 0 saturated carbocycles. The Kier molecular flexibility index (Phi) is 6.08. The fourth-order valence-corrected chi connectivity index (χ4v) is 3.24. The first-order chi connectivity index (χ1) is 13.0. The number of rotatable bonds is 5. The van der Waals surface area contributed by atoms with E-state index in [1.807, 2.05) is 12.1 Å². The topological polar surface area (TPSA) is 78.9 Å². The number of piperidine rings is 1. The summed E-state index contributed by atoms with van der Waals surface area (Å²) in [7, 11) is 1.33. The van der Waals surface area contributed by atoms with E-state index in [0.29, 0.717) is 11.1 Å². The lowest BCUT2D eigenvalue weighted by Crippen LogP contribution is -2.44. The van der Waals surface area contributed by atoms with Gasteiger partial charge in [-0.1, -0.05) is 12.1 Å². The first-order valence-electron chi connectivity index (χ1n) is 9.04. The maximum absolute atomic E-state index is 12.4. The second kappa shape index (κ2) is 8.68. The van der Waals surface area contributed by atoms with E-state index >= 15 is 0 Å². The monoisotopic (exact) mass is 368 g/mol. The Bertz CT molecular complexity index is 779. The number of esters is 1. The molecule has 2 aromatic rings. The average Bonchev–Trinajstić information content (AvgIpc) is 2.70. The zero-order valence-electron chi connectivity index (χ0n) is 15.4. The number of ether oxygens (including phenoxy) is 1. The Morgan fingerprint density at radius 2 is 1.63 bits per heavy atom. The highest BCUT2D eigenvalue weighted by atomic mass is 16.5. The second-order valence-corrected chi connectivity index (χ2v) is 6.76. The van der Waals surface area contributed by atoms with Crippen LogP contribution in [0.1, 0.15) is 39.1 Å². The average molecular weight is 368 g/mol. The minimum atomic E-state index is -0.414. The van der Waals surface area contributed by atoms with Crippen LogP contribution in [0.3, 0.4) is 0 Å². The van der Waals surface area contributed by atoms with Crippen LogP contribution in [0, 0.1) is 0 Å². The number of phenols is 1. The molecule has 1 aliphatic heterocycles. The number of nitrogens with zero attached hydrogens (tertiary/aromatic N) is 1. The first-order valence-corrected chi connectivity index (χ1v) is 9.04. The van der Waals surface area contributed by atoms with Gasteiger partial charge in [-0.05, 0) is 54.8 Å². The Hall–Kier alpha value is -2.86. The van der Waals surface area contributed by atoms with Crippen LogP contribution in [0.2, 0.25) is 0 Å². The van der Waals surface area contributed by atoms with Crippen molar-refractivity contribution in [3.8, 4) is 5.75 Å². The SMILES string of the molecule is COC(=O)c1ccc(C(=O)NC2CCN(Cc3ccc(O)cc3)CC2)cc1. The number of phenolic OH excluding ortho intramolecular Hbond substituents is 1. The zero-order valence-corrected chi connectivity index (χ0v) is 15.4. The van der Waals surface area contributed by atoms with Gasteiger partial charge in [0, 0.05) is 31.2 Å². The van der Waals surface area contributed by atoms with E-state index in [0.717, 1.165) is 32.5 Å². The maximum atomic E-state index is 12.4. The molecule has 0 aromatic heterocycles. The molecule has 27 heavy (non-hydrogen) atoms. The van der Waals surface area contributed by atoms with Gasteiger partial charge >= 0.3 is 5.97 Å². The molecule has 0 aliphatic carbocycles. The predicted molar refractivity (Wildman–Crippen MR) is 102 cm³/mol. The summed E-state index contributed by atoms with van der Waals surface area (Å²) in [5, 5.41) is 12.4. The molecule has 0 unspecified atom stereocenters. The molecule has 3 rings (SSSR count). The van der Waals surface area contributed by atoms with Crippen LogP contribution in [0.5, 0.6) is 5.75 Å². The number of carbonyl (C=O) groups is 2. The van der Waals surface area contributed by atoms with Crippen molar-refractivity contribution in [1.29, 1.82) is 0 Å². The molecule has 142 valence electrons. The minimum absolute atomic E-state index is 0.122. The number of carbonyl (C=O) groups excluding carboxylic acids is 2. The lowest BCUT2D eigenvalue weighted by molar-refractivity contribution is 0.0600.